The molecular weight excluding hydrogens is 486 g/mol. The summed E-state index contributed by atoms with van der Waals surface area (Å²) in [5.74, 6) is -0.774. The Balaban J connectivity index is 2.03. The van der Waals surface area contributed by atoms with Crippen LogP contribution >= 0.6 is 0 Å². The van der Waals surface area contributed by atoms with Crippen LogP contribution in [-0.4, -0.2) is 44.3 Å². The molecule has 0 spiro atoms. The van der Waals surface area contributed by atoms with E-state index in [0.29, 0.717) is 12.2 Å². The van der Waals surface area contributed by atoms with Crippen LogP contribution in [0.2, 0.25) is 0 Å². The first-order chi connectivity index (χ1) is 17.5. The Kier molecular flexibility index (Phi) is 9.10. The highest BCUT2D eigenvalue weighted by atomic mass is 32.2. The van der Waals surface area contributed by atoms with Crippen LogP contribution in [0.15, 0.2) is 77.7 Å². The molecule has 1 atom stereocenters. The quantitative estimate of drug-likeness (QED) is 0.430. The van der Waals surface area contributed by atoms with E-state index in [9.17, 15) is 18.0 Å². The average Bonchev–Trinajstić information content (AvgIpc) is 2.85. The maximum Gasteiger partial charge on any atom is 0.264 e. The number of rotatable bonds is 10. The molecule has 0 bridgehead atoms. The van der Waals surface area contributed by atoms with Gasteiger partial charge in [0.05, 0.1) is 10.6 Å². The van der Waals surface area contributed by atoms with Gasteiger partial charge in [-0.05, 0) is 70.0 Å². The van der Waals surface area contributed by atoms with Crippen molar-refractivity contribution >= 4 is 27.5 Å². The predicted octanol–water partition coefficient (Wildman–Crippen LogP) is 4.36. The summed E-state index contributed by atoms with van der Waals surface area (Å²) in [5.41, 5.74) is 4.06. The standard InChI is InChI=1S/C29H35N3O4S/c1-6-30-29(34)24(5)31(19-25-11-7-9-22(3)17-25)28(33)20-32(26-12-8-10-23(4)18-26)37(35,36)27-15-13-21(2)14-16-27/h7-18,24H,6,19-20H2,1-5H3,(H,30,34). The summed E-state index contributed by atoms with van der Waals surface area (Å²) < 4.78 is 28.7. The van der Waals surface area contributed by atoms with Crippen LogP contribution < -0.4 is 9.62 Å². The van der Waals surface area contributed by atoms with Gasteiger partial charge < -0.3 is 10.2 Å². The Hall–Kier alpha value is -3.65. The maximum absolute atomic E-state index is 13.8. The van der Waals surface area contributed by atoms with Crippen molar-refractivity contribution in [3.8, 4) is 0 Å². The zero-order valence-electron chi connectivity index (χ0n) is 22.1. The number of carbonyl (C=O) groups excluding carboxylic acids is 2. The molecule has 0 fully saturated rings. The van der Waals surface area contributed by atoms with Crippen LogP contribution in [0.3, 0.4) is 0 Å². The van der Waals surface area contributed by atoms with Gasteiger partial charge in [0.25, 0.3) is 10.0 Å². The first-order valence-corrected chi connectivity index (χ1v) is 13.8. The topological polar surface area (TPSA) is 86.8 Å². The number of sulfonamides is 1. The van der Waals surface area contributed by atoms with Gasteiger partial charge in [-0.1, -0.05) is 59.7 Å². The number of amides is 2. The minimum absolute atomic E-state index is 0.0921. The van der Waals surface area contributed by atoms with Gasteiger partial charge in [-0.3, -0.25) is 13.9 Å². The molecule has 0 aliphatic heterocycles. The molecule has 0 saturated heterocycles. The fraction of sp³-hybridized carbons (Fsp3) is 0.310. The number of hydrogen-bond acceptors (Lipinski definition) is 4. The van der Waals surface area contributed by atoms with E-state index in [1.165, 1.54) is 4.90 Å². The molecule has 3 rings (SSSR count). The third-order valence-corrected chi connectivity index (χ3v) is 7.92. The average molecular weight is 522 g/mol. The Morgan fingerprint density at radius 2 is 1.49 bits per heavy atom. The van der Waals surface area contributed by atoms with Crippen molar-refractivity contribution in [2.24, 2.45) is 0 Å². The van der Waals surface area contributed by atoms with Gasteiger partial charge in [-0.15, -0.1) is 0 Å². The molecule has 196 valence electrons. The molecule has 3 aromatic carbocycles. The minimum Gasteiger partial charge on any atom is -0.355 e. The lowest BCUT2D eigenvalue weighted by atomic mass is 10.1. The molecule has 0 heterocycles. The summed E-state index contributed by atoms with van der Waals surface area (Å²) in [5, 5.41) is 2.77. The van der Waals surface area contributed by atoms with Crippen LogP contribution in [0, 0.1) is 20.8 Å². The largest absolute Gasteiger partial charge is 0.355 e. The van der Waals surface area contributed by atoms with Gasteiger partial charge in [-0.2, -0.15) is 0 Å². The molecule has 8 heteroatoms. The summed E-state index contributed by atoms with van der Waals surface area (Å²) in [4.78, 5) is 28.1. The minimum atomic E-state index is -4.07. The van der Waals surface area contributed by atoms with Gasteiger partial charge >= 0.3 is 0 Å². The second-order valence-electron chi connectivity index (χ2n) is 9.24. The lowest BCUT2D eigenvalue weighted by Gasteiger charge is -2.32. The number of aryl methyl sites for hydroxylation is 3. The Morgan fingerprint density at radius 3 is 2.08 bits per heavy atom. The maximum atomic E-state index is 13.8. The van der Waals surface area contributed by atoms with Crippen LogP contribution in [0.5, 0.6) is 0 Å². The van der Waals surface area contributed by atoms with Crippen molar-refractivity contribution in [1.82, 2.24) is 10.2 Å². The van der Waals surface area contributed by atoms with Crippen molar-refractivity contribution in [3.05, 3.63) is 95.1 Å². The fourth-order valence-electron chi connectivity index (χ4n) is 4.06. The summed E-state index contributed by atoms with van der Waals surface area (Å²) in [6.45, 7) is 9.31. The monoisotopic (exact) mass is 521 g/mol. The zero-order chi connectivity index (χ0) is 27.2. The molecule has 7 nitrogen and oxygen atoms in total. The van der Waals surface area contributed by atoms with Crippen molar-refractivity contribution in [1.29, 1.82) is 0 Å². The summed E-state index contributed by atoms with van der Waals surface area (Å²) in [6.07, 6.45) is 0. The fourth-order valence-corrected chi connectivity index (χ4v) is 5.47. The van der Waals surface area contributed by atoms with E-state index in [1.807, 2.05) is 58.0 Å². The van der Waals surface area contributed by atoms with Crippen molar-refractivity contribution in [3.63, 3.8) is 0 Å². The second-order valence-corrected chi connectivity index (χ2v) is 11.1. The highest BCUT2D eigenvalue weighted by Crippen LogP contribution is 2.25. The molecule has 0 aliphatic rings. The summed E-state index contributed by atoms with van der Waals surface area (Å²) in [6, 6.07) is 20.5. The Labute approximate surface area is 220 Å². The number of nitrogens with one attached hydrogen (secondary N) is 1. The van der Waals surface area contributed by atoms with E-state index >= 15 is 0 Å². The lowest BCUT2D eigenvalue weighted by molar-refractivity contribution is -0.139. The summed E-state index contributed by atoms with van der Waals surface area (Å²) in [7, 11) is -4.07. The van der Waals surface area contributed by atoms with Crippen LogP contribution in [0.1, 0.15) is 36.1 Å². The molecular formula is C29H35N3O4S. The van der Waals surface area contributed by atoms with Crippen molar-refractivity contribution < 1.29 is 18.0 Å². The van der Waals surface area contributed by atoms with Crippen LogP contribution in [-0.2, 0) is 26.2 Å². The predicted molar refractivity (Wildman–Crippen MR) is 147 cm³/mol. The number of likely N-dealkylation sites (N-methyl/N-ethyl adjacent to an activating group) is 1. The van der Waals surface area contributed by atoms with E-state index in [0.717, 1.165) is 26.6 Å². The van der Waals surface area contributed by atoms with Gasteiger partial charge in [0.2, 0.25) is 11.8 Å². The van der Waals surface area contributed by atoms with Gasteiger partial charge in [0.15, 0.2) is 0 Å². The Bertz CT molecular complexity index is 1350. The van der Waals surface area contributed by atoms with Crippen molar-refractivity contribution in [2.75, 3.05) is 17.4 Å². The van der Waals surface area contributed by atoms with Gasteiger partial charge in [0, 0.05) is 13.1 Å². The molecule has 0 saturated carbocycles. The number of benzene rings is 3. The molecule has 1 unspecified atom stereocenters. The van der Waals surface area contributed by atoms with Crippen LogP contribution in [0.25, 0.3) is 0 Å². The molecule has 0 radical (unpaired) electrons. The Morgan fingerprint density at radius 1 is 0.865 bits per heavy atom. The van der Waals surface area contributed by atoms with E-state index in [2.05, 4.69) is 5.32 Å². The number of nitrogens with zero attached hydrogens (tertiary/aromatic N) is 2. The van der Waals surface area contributed by atoms with Crippen LogP contribution in [0.4, 0.5) is 5.69 Å². The molecule has 37 heavy (non-hydrogen) atoms. The van der Waals surface area contributed by atoms with Gasteiger partial charge in [-0.25, -0.2) is 8.42 Å². The SMILES string of the molecule is CCNC(=O)C(C)N(Cc1cccc(C)c1)C(=O)CN(c1cccc(C)c1)S(=O)(=O)c1ccc(C)cc1. The molecule has 3 aromatic rings. The third-order valence-electron chi connectivity index (χ3n) is 6.13. The van der Waals surface area contributed by atoms with E-state index < -0.39 is 28.5 Å². The number of hydrogen-bond donors (Lipinski definition) is 1. The first-order valence-electron chi connectivity index (χ1n) is 12.3. The lowest BCUT2D eigenvalue weighted by Crippen LogP contribution is -2.51. The molecule has 2 amide bonds. The van der Waals surface area contributed by atoms with E-state index in [-0.39, 0.29) is 17.3 Å². The van der Waals surface area contributed by atoms with Crippen molar-refractivity contribution in [2.45, 2.75) is 52.1 Å². The number of carbonyl (C=O) groups is 2. The third kappa shape index (κ3) is 6.98. The summed E-state index contributed by atoms with van der Waals surface area (Å²) >= 11 is 0. The van der Waals surface area contributed by atoms with E-state index in [4.69, 9.17) is 0 Å². The first kappa shape index (κ1) is 27.9. The normalized spacial score (nSPS) is 12.0. The highest BCUT2D eigenvalue weighted by molar-refractivity contribution is 7.92. The second kappa shape index (κ2) is 12.1. The zero-order valence-corrected chi connectivity index (χ0v) is 22.9. The molecule has 0 aromatic heterocycles. The highest BCUT2D eigenvalue weighted by Gasteiger charge is 2.32. The smallest absolute Gasteiger partial charge is 0.264 e. The van der Waals surface area contributed by atoms with Gasteiger partial charge in [0.1, 0.15) is 12.6 Å². The molecule has 0 aliphatic carbocycles. The molecule has 1 N–H and O–H groups in total. The van der Waals surface area contributed by atoms with E-state index in [1.54, 1.807) is 49.4 Å². The number of anilines is 1.